The molecule has 3 unspecified atom stereocenters. The van der Waals surface area contributed by atoms with Gasteiger partial charge in [0.25, 0.3) is 5.56 Å². The second-order valence-electron chi connectivity index (χ2n) is 7.19. The van der Waals surface area contributed by atoms with Crippen LogP contribution in [-0.4, -0.2) is 34.0 Å². The number of hydrogen-bond acceptors (Lipinski definition) is 5. The highest BCUT2D eigenvalue weighted by Gasteiger charge is 2.38. The van der Waals surface area contributed by atoms with E-state index in [0.717, 1.165) is 53.6 Å². The number of aromatic nitrogens is 2. The summed E-state index contributed by atoms with van der Waals surface area (Å²) in [4.78, 5) is 24.5. The van der Waals surface area contributed by atoms with Gasteiger partial charge in [-0.2, -0.15) is 0 Å². The molecule has 3 heterocycles. The first kappa shape index (κ1) is 17.9. The van der Waals surface area contributed by atoms with Gasteiger partial charge in [-0.15, -0.1) is 23.7 Å². The maximum Gasteiger partial charge on any atom is 0.259 e. The molecule has 1 saturated carbocycles. The molecule has 2 aromatic rings. The lowest BCUT2D eigenvalue weighted by atomic mass is 9.78. The van der Waals surface area contributed by atoms with E-state index in [0.29, 0.717) is 12.0 Å². The van der Waals surface area contributed by atoms with Crippen LogP contribution in [0.4, 0.5) is 0 Å². The van der Waals surface area contributed by atoms with Crippen molar-refractivity contribution in [2.75, 3.05) is 13.1 Å². The third-order valence-corrected chi connectivity index (χ3v) is 6.79. The normalized spacial score (nSPS) is 27.2. The summed E-state index contributed by atoms with van der Waals surface area (Å²) in [6.07, 6.45) is 3.70. The Morgan fingerprint density at radius 3 is 2.88 bits per heavy atom. The number of fused-ring (bicyclic) bond motifs is 2. The minimum Gasteiger partial charge on any atom is -0.327 e. The Labute approximate surface area is 152 Å². The average molecular weight is 369 g/mol. The molecule has 2 fully saturated rings. The van der Waals surface area contributed by atoms with E-state index in [-0.39, 0.29) is 18.0 Å². The zero-order valence-corrected chi connectivity index (χ0v) is 15.8. The molecule has 3 N–H and O–H groups in total. The summed E-state index contributed by atoms with van der Waals surface area (Å²) in [6, 6.07) is 0.343. The van der Waals surface area contributed by atoms with Crippen LogP contribution in [0.25, 0.3) is 10.2 Å². The monoisotopic (exact) mass is 368 g/mol. The summed E-state index contributed by atoms with van der Waals surface area (Å²) in [5, 5.41) is 0.758. The van der Waals surface area contributed by atoms with Crippen LogP contribution in [0.5, 0.6) is 0 Å². The average Bonchev–Trinajstić information content (AvgIpc) is 3.02. The van der Waals surface area contributed by atoms with E-state index >= 15 is 0 Å². The number of hydrogen-bond donors (Lipinski definition) is 2. The van der Waals surface area contributed by atoms with E-state index in [2.05, 4.69) is 9.88 Å². The Morgan fingerprint density at radius 1 is 1.33 bits per heavy atom. The van der Waals surface area contributed by atoms with Crippen molar-refractivity contribution in [3.8, 4) is 0 Å². The molecule has 0 amide bonds. The van der Waals surface area contributed by atoms with E-state index in [4.69, 9.17) is 10.7 Å². The minimum atomic E-state index is 0. The number of halogens is 1. The Balaban J connectivity index is 0.00000169. The van der Waals surface area contributed by atoms with Gasteiger partial charge in [0.1, 0.15) is 10.7 Å². The highest BCUT2D eigenvalue weighted by atomic mass is 35.5. The van der Waals surface area contributed by atoms with Crippen molar-refractivity contribution in [2.45, 2.75) is 45.7 Å². The molecule has 5 nitrogen and oxygen atoms in total. The topological polar surface area (TPSA) is 75.0 Å². The first-order valence-electron chi connectivity index (χ1n) is 8.49. The van der Waals surface area contributed by atoms with Crippen molar-refractivity contribution in [1.82, 2.24) is 14.9 Å². The lowest BCUT2D eigenvalue weighted by molar-refractivity contribution is 0.259. The van der Waals surface area contributed by atoms with Crippen LogP contribution >= 0.6 is 23.7 Å². The van der Waals surface area contributed by atoms with Crippen LogP contribution in [0.3, 0.4) is 0 Å². The summed E-state index contributed by atoms with van der Waals surface area (Å²) in [5.41, 5.74) is 7.35. The van der Waals surface area contributed by atoms with Gasteiger partial charge in [0.05, 0.1) is 11.9 Å². The molecule has 0 spiro atoms. The second-order valence-corrected chi connectivity index (χ2v) is 8.39. The van der Waals surface area contributed by atoms with Gasteiger partial charge in [0.2, 0.25) is 0 Å². The van der Waals surface area contributed by atoms with E-state index in [1.807, 2.05) is 13.8 Å². The van der Waals surface area contributed by atoms with E-state index in [1.165, 1.54) is 17.7 Å². The first-order chi connectivity index (χ1) is 11.0. The molecule has 4 rings (SSSR count). The number of nitrogens with one attached hydrogen (secondary N) is 1. The molecular weight excluding hydrogens is 344 g/mol. The van der Waals surface area contributed by atoms with Gasteiger partial charge in [-0.1, -0.05) is 6.42 Å². The first-order valence-corrected chi connectivity index (χ1v) is 9.31. The highest BCUT2D eigenvalue weighted by Crippen LogP contribution is 2.36. The van der Waals surface area contributed by atoms with Gasteiger partial charge in [0.15, 0.2) is 0 Å². The third-order valence-electron chi connectivity index (χ3n) is 5.69. The van der Waals surface area contributed by atoms with Gasteiger partial charge < -0.3 is 10.7 Å². The summed E-state index contributed by atoms with van der Waals surface area (Å²) < 4.78 is 0. The molecule has 1 saturated heterocycles. The maximum absolute atomic E-state index is 12.4. The van der Waals surface area contributed by atoms with Crippen molar-refractivity contribution < 1.29 is 0 Å². The van der Waals surface area contributed by atoms with Gasteiger partial charge in [-0.25, -0.2) is 4.98 Å². The van der Waals surface area contributed by atoms with Gasteiger partial charge >= 0.3 is 0 Å². The molecule has 1 aliphatic heterocycles. The number of nitrogens with two attached hydrogens (primary N) is 1. The molecule has 7 heteroatoms. The fourth-order valence-electron chi connectivity index (χ4n) is 4.32. The molecule has 1 aliphatic carbocycles. The summed E-state index contributed by atoms with van der Waals surface area (Å²) in [7, 11) is 0. The van der Waals surface area contributed by atoms with Crippen molar-refractivity contribution in [3.63, 3.8) is 0 Å². The summed E-state index contributed by atoms with van der Waals surface area (Å²) in [5.74, 6) is 2.13. The number of thiophene rings is 1. The Hall–Kier alpha value is -0.950. The number of likely N-dealkylation sites (tertiary alicyclic amines) is 1. The van der Waals surface area contributed by atoms with Crippen LogP contribution in [0.1, 0.15) is 35.5 Å². The van der Waals surface area contributed by atoms with E-state index in [1.54, 1.807) is 11.3 Å². The largest absolute Gasteiger partial charge is 0.327 e. The summed E-state index contributed by atoms with van der Waals surface area (Å²) in [6.45, 7) is 6.89. The fraction of sp³-hybridized carbons (Fsp3) is 0.647. The number of aryl methyl sites for hydroxylation is 2. The minimum absolute atomic E-state index is 0. The molecule has 3 atom stereocenters. The molecule has 2 aliphatic rings. The third kappa shape index (κ3) is 3.01. The molecule has 0 aromatic carbocycles. The Morgan fingerprint density at radius 2 is 2.12 bits per heavy atom. The predicted molar refractivity (Wildman–Crippen MR) is 101 cm³/mol. The van der Waals surface area contributed by atoms with Crippen LogP contribution < -0.4 is 11.3 Å². The van der Waals surface area contributed by atoms with E-state index in [9.17, 15) is 4.79 Å². The number of H-pyrrole nitrogens is 1. The Kier molecular flexibility index (Phi) is 5.02. The van der Waals surface area contributed by atoms with Crippen LogP contribution in [0, 0.1) is 25.7 Å². The van der Waals surface area contributed by atoms with Gasteiger partial charge in [0, 0.05) is 24.0 Å². The van der Waals surface area contributed by atoms with Crippen LogP contribution in [0.2, 0.25) is 0 Å². The molecule has 24 heavy (non-hydrogen) atoms. The maximum atomic E-state index is 12.4. The van der Waals surface area contributed by atoms with Gasteiger partial charge in [-0.3, -0.25) is 9.69 Å². The smallest absolute Gasteiger partial charge is 0.259 e. The van der Waals surface area contributed by atoms with Gasteiger partial charge in [-0.05, 0) is 44.1 Å². The molecule has 2 aromatic heterocycles. The van der Waals surface area contributed by atoms with Crippen molar-refractivity contribution >= 4 is 34.0 Å². The molecular formula is C17H25ClN4OS. The zero-order valence-electron chi connectivity index (χ0n) is 14.2. The Bertz CT molecular complexity index is 802. The standard InChI is InChI=1S/C17H24N4OS.ClH/c1-9-10(2)23-17-15(9)16(22)19-14(20-17)8-21-6-11-4-3-5-13(18)12(11)7-21;/h11-13H,3-8,18H2,1-2H3,(H,19,20,22);1H. The van der Waals surface area contributed by atoms with Crippen molar-refractivity contribution in [2.24, 2.45) is 17.6 Å². The molecule has 0 bridgehead atoms. The number of nitrogens with zero attached hydrogens (tertiary/aromatic N) is 2. The zero-order chi connectivity index (χ0) is 16.1. The second kappa shape index (κ2) is 6.75. The number of aromatic amines is 1. The fourth-order valence-corrected chi connectivity index (χ4v) is 5.37. The van der Waals surface area contributed by atoms with Crippen LogP contribution in [-0.2, 0) is 6.54 Å². The van der Waals surface area contributed by atoms with Crippen LogP contribution in [0.15, 0.2) is 4.79 Å². The van der Waals surface area contributed by atoms with Crippen molar-refractivity contribution in [1.29, 1.82) is 0 Å². The highest BCUT2D eigenvalue weighted by molar-refractivity contribution is 7.18. The predicted octanol–water partition coefficient (Wildman–Crippen LogP) is 2.58. The lowest BCUT2D eigenvalue weighted by Crippen LogP contribution is -2.38. The molecule has 132 valence electrons. The number of rotatable bonds is 2. The van der Waals surface area contributed by atoms with E-state index < -0.39 is 0 Å². The SMILES string of the molecule is Cc1sc2nc(CN3CC4CCCC(N)C4C3)[nH]c(=O)c2c1C.Cl. The molecule has 0 radical (unpaired) electrons. The summed E-state index contributed by atoms with van der Waals surface area (Å²) >= 11 is 1.62. The lowest BCUT2D eigenvalue weighted by Gasteiger charge is -2.29. The van der Waals surface area contributed by atoms with Crippen molar-refractivity contribution in [3.05, 3.63) is 26.6 Å². The quantitative estimate of drug-likeness (QED) is 0.854.